The minimum Gasteiger partial charge on any atom is -0.508 e. The summed E-state index contributed by atoms with van der Waals surface area (Å²) in [6, 6.07) is 11.0. The van der Waals surface area contributed by atoms with Gasteiger partial charge in [-0.25, -0.2) is 9.59 Å². The normalized spacial score (nSPS) is 16.9. The first-order valence-corrected chi connectivity index (χ1v) is 16.5. The third-order valence-corrected chi connectivity index (χ3v) is 9.14. The third kappa shape index (κ3) is 7.36. The molecule has 5 rings (SSSR count). The number of aryl methyl sites for hydroxylation is 2. The van der Waals surface area contributed by atoms with Gasteiger partial charge in [0.05, 0.1) is 10.9 Å². The number of ketones is 1. The Hall–Kier alpha value is -5.49. The number of esters is 1. The molecule has 0 fully saturated rings. The lowest BCUT2D eigenvalue weighted by Gasteiger charge is -2.41. The van der Waals surface area contributed by atoms with Crippen molar-refractivity contribution in [3.63, 3.8) is 0 Å². The van der Waals surface area contributed by atoms with Gasteiger partial charge in [-0.05, 0) is 102 Å². The number of nitrogens with zero attached hydrogens (tertiary/aromatic N) is 1. The summed E-state index contributed by atoms with van der Waals surface area (Å²) < 4.78 is 30.7. The summed E-state index contributed by atoms with van der Waals surface area (Å²) in [7, 11) is 3.13. The van der Waals surface area contributed by atoms with E-state index in [1.54, 1.807) is 50.6 Å². The average Bonchev–Trinajstić information content (AvgIpc) is 3.41. The number of hydrogen-bond acceptors (Lipinski definition) is 11. The first kappa shape index (κ1) is 36.8. The van der Waals surface area contributed by atoms with E-state index in [9.17, 15) is 29.7 Å². The van der Waals surface area contributed by atoms with Gasteiger partial charge < -0.3 is 43.3 Å². The zero-order valence-corrected chi connectivity index (χ0v) is 29.9. The number of benzene rings is 2. The fourth-order valence-corrected chi connectivity index (χ4v) is 6.02. The summed E-state index contributed by atoms with van der Waals surface area (Å²) in [5, 5.41) is 32.9. The Morgan fingerprint density at radius 3 is 2.41 bits per heavy atom. The molecular formula is C39H43NO11. The molecule has 0 radical (unpaired) electrons. The number of aromatic nitrogens is 1. The number of rotatable bonds is 11. The fourth-order valence-electron chi connectivity index (χ4n) is 6.02. The quantitative estimate of drug-likeness (QED) is 0.0664. The van der Waals surface area contributed by atoms with Crippen molar-refractivity contribution in [3.05, 3.63) is 110 Å². The number of fused-ring (bicyclic) bond motifs is 1. The van der Waals surface area contributed by atoms with Gasteiger partial charge in [-0.15, -0.1) is 0 Å². The Kier molecular flexibility index (Phi) is 10.4. The lowest BCUT2D eigenvalue weighted by Crippen LogP contribution is -2.54. The van der Waals surface area contributed by atoms with E-state index in [0.717, 1.165) is 11.3 Å². The minimum absolute atomic E-state index is 0.0273. The van der Waals surface area contributed by atoms with Gasteiger partial charge >= 0.3 is 17.5 Å². The first-order valence-electron chi connectivity index (χ1n) is 16.5. The summed E-state index contributed by atoms with van der Waals surface area (Å²) >= 11 is 0. The topological polar surface area (TPSA) is 167 Å². The van der Waals surface area contributed by atoms with Gasteiger partial charge in [0, 0.05) is 37.4 Å². The summed E-state index contributed by atoms with van der Waals surface area (Å²) in [6.45, 7) is 10.7. The molecule has 0 saturated carbocycles. The van der Waals surface area contributed by atoms with Gasteiger partial charge in [-0.2, -0.15) is 0 Å². The maximum Gasteiger partial charge on any atom is 0.355 e. The van der Waals surface area contributed by atoms with E-state index in [0.29, 0.717) is 23.1 Å². The second-order valence-corrected chi connectivity index (χ2v) is 13.4. The number of ether oxygens (including phenoxy) is 4. The van der Waals surface area contributed by atoms with Crippen molar-refractivity contribution in [1.29, 1.82) is 0 Å². The zero-order valence-electron chi connectivity index (χ0n) is 29.9. The summed E-state index contributed by atoms with van der Waals surface area (Å²) in [6.07, 6.45) is 0.0282. The van der Waals surface area contributed by atoms with Crippen molar-refractivity contribution in [2.75, 3.05) is 7.11 Å². The number of hydrogen-bond donors (Lipinski definition) is 3. The molecule has 1 unspecified atom stereocenters. The van der Waals surface area contributed by atoms with E-state index >= 15 is 0 Å². The van der Waals surface area contributed by atoms with Gasteiger partial charge in [-0.1, -0.05) is 11.6 Å². The smallest absolute Gasteiger partial charge is 0.355 e. The second-order valence-electron chi connectivity index (χ2n) is 13.4. The molecule has 12 nitrogen and oxygen atoms in total. The van der Waals surface area contributed by atoms with Crippen LogP contribution in [-0.2, 0) is 34.1 Å². The first-order chi connectivity index (χ1) is 24.0. The molecule has 4 aromatic rings. The van der Waals surface area contributed by atoms with E-state index < -0.39 is 35.2 Å². The Labute approximate surface area is 295 Å². The van der Waals surface area contributed by atoms with Crippen molar-refractivity contribution >= 4 is 22.7 Å². The number of aromatic hydroxyl groups is 2. The average molecular weight is 702 g/mol. The molecule has 0 spiro atoms. The van der Waals surface area contributed by atoms with Crippen LogP contribution in [0, 0.1) is 13.8 Å². The van der Waals surface area contributed by atoms with Crippen LogP contribution in [0.4, 0.5) is 0 Å². The van der Waals surface area contributed by atoms with E-state index in [1.165, 1.54) is 31.4 Å². The molecule has 2 aromatic carbocycles. The van der Waals surface area contributed by atoms with Gasteiger partial charge in [0.1, 0.15) is 40.2 Å². The SMILES string of the molecule is CO[C@@H]1C(OC(=O)c2ccc(C)n2C)C(O)=C(Oc2ccc3c(O)c(CCC(=O)c4ccc(O)c(CC=C(C)C)c4)c(=O)oc3c2C)OC1(C)C. The maximum atomic E-state index is 13.1. The number of methoxy groups -OCH3 is 1. The van der Waals surface area contributed by atoms with E-state index in [2.05, 4.69) is 0 Å². The van der Waals surface area contributed by atoms with Crippen LogP contribution >= 0.6 is 0 Å². The molecule has 2 aromatic heterocycles. The Morgan fingerprint density at radius 2 is 1.76 bits per heavy atom. The van der Waals surface area contributed by atoms with E-state index in [-0.39, 0.29) is 64.0 Å². The highest BCUT2D eigenvalue weighted by Crippen LogP contribution is 2.39. The largest absolute Gasteiger partial charge is 0.508 e. The molecule has 1 aliphatic rings. The van der Waals surface area contributed by atoms with Crippen LogP contribution in [0.15, 0.2) is 75.0 Å². The monoisotopic (exact) mass is 701 g/mol. The van der Waals surface area contributed by atoms with Gasteiger partial charge in [-0.3, -0.25) is 4.79 Å². The number of aliphatic hydroxyl groups excluding tert-OH is 1. The Balaban J connectivity index is 1.40. The van der Waals surface area contributed by atoms with Crippen molar-refractivity contribution in [1.82, 2.24) is 4.57 Å². The van der Waals surface area contributed by atoms with Crippen LogP contribution in [0.3, 0.4) is 0 Å². The molecule has 3 N–H and O–H groups in total. The highest BCUT2D eigenvalue weighted by Gasteiger charge is 2.50. The number of phenols is 1. The fraction of sp³-hybridized carbons (Fsp3) is 0.359. The molecular weight excluding hydrogens is 658 g/mol. The third-order valence-electron chi connectivity index (χ3n) is 9.14. The molecule has 2 atom stereocenters. The van der Waals surface area contributed by atoms with Crippen molar-refractivity contribution < 1.29 is 48.3 Å². The van der Waals surface area contributed by atoms with Crippen LogP contribution in [0.25, 0.3) is 11.0 Å². The predicted octanol–water partition coefficient (Wildman–Crippen LogP) is 6.64. The van der Waals surface area contributed by atoms with Crippen molar-refractivity contribution in [3.8, 4) is 17.2 Å². The number of allylic oxidation sites excluding steroid dienone is 2. The standard InChI is InChI=1S/C39H43NO11/c1-20(2)9-11-23-19-24(12-16-28(23)41)29(42)17-13-26-31(43)25-14-18-30(22(4)33(25)49-36(26)45)48-38-32(44)34(35(47-8)39(5,6)51-38)50-37(46)27-15-10-21(3)40(27)7/h9-10,12,14-16,18-19,34-35,41,43-44H,11,13,17H2,1-8H3/t34?,35-/m1/s1. The molecule has 51 heavy (non-hydrogen) atoms. The van der Waals surface area contributed by atoms with Crippen LogP contribution < -0.4 is 10.4 Å². The number of aliphatic hydroxyl groups is 1. The number of carbonyl (C=O) groups is 2. The van der Waals surface area contributed by atoms with Crippen LogP contribution in [0.2, 0.25) is 0 Å². The number of carbonyl (C=O) groups excluding carboxylic acids is 2. The summed E-state index contributed by atoms with van der Waals surface area (Å²) in [4.78, 5) is 39.4. The van der Waals surface area contributed by atoms with Crippen LogP contribution in [0.1, 0.15) is 77.3 Å². The van der Waals surface area contributed by atoms with Crippen molar-refractivity contribution in [2.45, 2.75) is 78.6 Å². The van der Waals surface area contributed by atoms with E-state index in [4.69, 9.17) is 23.4 Å². The Bertz CT molecular complexity index is 2130. The molecule has 3 heterocycles. The maximum absolute atomic E-state index is 13.1. The van der Waals surface area contributed by atoms with Crippen LogP contribution in [0.5, 0.6) is 17.2 Å². The molecule has 270 valence electrons. The molecule has 0 saturated heterocycles. The number of phenolic OH excluding ortho intramolecular Hbond substituents is 1. The highest BCUT2D eigenvalue weighted by molar-refractivity contribution is 5.97. The molecule has 0 amide bonds. The lowest BCUT2D eigenvalue weighted by atomic mass is 9.93. The molecule has 0 bridgehead atoms. The molecule has 1 aliphatic heterocycles. The lowest BCUT2D eigenvalue weighted by molar-refractivity contribution is -0.176. The summed E-state index contributed by atoms with van der Waals surface area (Å²) in [5.74, 6) is -1.96. The predicted molar refractivity (Wildman–Crippen MR) is 188 cm³/mol. The minimum atomic E-state index is -1.30. The highest BCUT2D eigenvalue weighted by atomic mass is 16.7. The molecule has 0 aliphatic carbocycles. The molecule has 12 heteroatoms. The van der Waals surface area contributed by atoms with E-state index in [1.807, 2.05) is 26.8 Å². The van der Waals surface area contributed by atoms with Gasteiger partial charge in [0.25, 0.3) is 0 Å². The second kappa shape index (κ2) is 14.4. The Morgan fingerprint density at radius 1 is 1.04 bits per heavy atom. The summed E-state index contributed by atoms with van der Waals surface area (Å²) in [5.41, 5.74) is 1.47. The zero-order chi connectivity index (χ0) is 37.4. The number of Topliss-reactive ketones (excluding diaryl/α,β-unsaturated/α-hetero) is 1. The van der Waals surface area contributed by atoms with Crippen LogP contribution in [-0.4, -0.2) is 56.6 Å². The van der Waals surface area contributed by atoms with Gasteiger partial charge in [0.15, 0.2) is 11.9 Å². The van der Waals surface area contributed by atoms with Gasteiger partial charge in [0.2, 0.25) is 5.76 Å². The van der Waals surface area contributed by atoms with Crippen molar-refractivity contribution in [2.24, 2.45) is 7.05 Å².